The minimum Gasteiger partial charge on any atom is -0.452 e. The third kappa shape index (κ3) is 4.86. The van der Waals surface area contributed by atoms with Crippen LogP contribution in [-0.4, -0.2) is 59.8 Å². The molecule has 0 radical (unpaired) electrons. The number of amides is 1. The first-order valence-corrected chi connectivity index (χ1v) is 9.57. The molecule has 0 aromatic carbocycles. The molecule has 1 amide bonds. The van der Waals surface area contributed by atoms with Gasteiger partial charge in [0.15, 0.2) is 6.61 Å². The summed E-state index contributed by atoms with van der Waals surface area (Å²) in [6.07, 6.45) is 1.62. The lowest BCUT2D eigenvalue weighted by molar-refractivity contribution is -0.138. The highest BCUT2D eigenvalue weighted by atomic mass is 32.2. The summed E-state index contributed by atoms with van der Waals surface area (Å²) in [5.74, 6) is 0.535. The van der Waals surface area contributed by atoms with E-state index < -0.39 is 5.97 Å². The summed E-state index contributed by atoms with van der Waals surface area (Å²) in [6.45, 7) is 5.47. The molecular formula is C18H21N3O5S. The molecular weight excluding hydrogens is 370 g/mol. The summed E-state index contributed by atoms with van der Waals surface area (Å²) in [6, 6.07) is 3.31. The van der Waals surface area contributed by atoms with Gasteiger partial charge in [0, 0.05) is 30.6 Å². The van der Waals surface area contributed by atoms with Crippen molar-refractivity contribution in [1.82, 2.24) is 15.0 Å². The fraction of sp³-hybridized carbons (Fsp3) is 0.444. The van der Waals surface area contributed by atoms with Gasteiger partial charge in [0.1, 0.15) is 10.8 Å². The number of esters is 1. The number of thioether (sulfide) groups is 1. The number of carbonyl (C=O) groups is 2. The van der Waals surface area contributed by atoms with Gasteiger partial charge >= 0.3 is 5.97 Å². The average Bonchev–Trinajstić information content (AvgIpc) is 3.02. The molecule has 8 nitrogen and oxygen atoms in total. The van der Waals surface area contributed by atoms with Crippen LogP contribution in [0.25, 0.3) is 0 Å². The van der Waals surface area contributed by atoms with Crippen molar-refractivity contribution in [2.75, 3.05) is 32.9 Å². The Kier molecular flexibility index (Phi) is 6.46. The van der Waals surface area contributed by atoms with Gasteiger partial charge in [0.05, 0.1) is 24.5 Å². The van der Waals surface area contributed by atoms with Crippen molar-refractivity contribution in [2.45, 2.75) is 24.6 Å². The summed E-state index contributed by atoms with van der Waals surface area (Å²) in [5.41, 5.74) is 2.13. The number of morpholine rings is 1. The molecule has 1 saturated heterocycles. The highest BCUT2D eigenvalue weighted by Gasteiger charge is 2.21. The number of hydrogen-bond acceptors (Lipinski definition) is 8. The molecule has 0 spiro atoms. The molecule has 3 rings (SSSR count). The van der Waals surface area contributed by atoms with Crippen LogP contribution in [0.15, 0.2) is 27.9 Å². The van der Waals surface area contributed by atoms with Crippen LogP contribution in [0.3, 0.4) is 0 Å². The number of nitrogens with zero attached hydrogens (tertiary/aromatic N) is 3. The molecule has 9 heteroatoms. The number of aromatic nitrogens is 2. The van der Waals surface area contributed by atoms with Crippen molar-refractivity contribution >= 4 is 23.6 Å². The van der Waals surface area contributed by atoms with Gasteiger partial charge in [0.25, 0.3) is 5.91 Å². The van der Waals surface area contributed by atoms with E-state index in [0.717, 1.165) is 17.0 Å². The fourth-order valence-electron chi connectivity index (χ4n) is 2.62. The molecule has 144 valence electrons. The summed E-state index contributed by atoms with van der Waals surface area (Å²) in [5, 5.41) is 4.47. The molecule has 2 aromatic heterocycles. The Hall–Kier alpha value is -2.39. The first-order valence-electron chi connectivity index (χ1n) is 8.58. The van der Waals surface area contributed by atoms with Crippen molar-refractivity contribution in [3.63, 3.8) is 0 Å². The highest BCUT2D eigenvalue weighted by Crippen LogP contribution is 2.27. The summed E-state index contributed by atoms with van der Waals surface area (Å²) >= 11 is 1.40. The van der Waals surface area contributed by atoms with E-state index in [4.69, 9.17) is 14.0 Å². The lowest BCUT2D eigenvalue weighted by atomic mass is 10.2. The van der Waals surface area contributed by atoms with Crippen LogP contribution in [0.1, 0.15) is 27.4 Å². The molecule has 1 aliphatic rings. The van der Waals surface area contributed by atoms with E-state index in [1.165, 1.54) is 11.8 Å². The van der Waals surface area contributed by atoms with Crippen molar-refractivity contribution in [1.29, 1.82) is 0 Å². The normalized spacial score (nSPS) is 14.2. The van der Waals surface area contributed by atoms with Crippen LogP contribution in [0.5, 0.6) is 0 Å². The zero-order chi connectivity index (χ0) is 19.2. The lowest BCUT2D eigenvalue weighted by Crippen LogP contribution is -2.42. The number of pyridine rings is 1. The van der Waals surface area contributed by atoms with Gasteiger partial charge < -0.3 is 18.9 Å². The Labute approximate surface area is 161 Å². The van der Waals surface area contributed by atoms with E-state index in [1.807, 2.05) is 13.8 Å². The molecule has 0 unspecified atom stereocenters. The molecule has 3 heterocycles. The largest absolute Gasteiger partial charge is 0.452 e. The molecule has 2 aromatic rings. The van der Waals surface area contributed by atoms with Crippen LogP contribution < -0.4 is 0 Å². The van der Waals surface area contributed by atoms with Crippen molar-refractivity contribution in [3.05, 3.63) is 40.9 Å². The standard InChI is InChI=1S/C18H21N3O5S/c1-12-15(13(2)26-20-12)11-27-17-14(4-3-5-19-17)18(23)25-10-16(22)21-6-8-24-9-7-21/h3-5H,6-11H2,1-2H3. The summed E-state index contributed by atoms with van der Waals surface area (Å²) in [4.78, 5) is 30.5. The number of rotatable bonds is 6. The Balaban J connectivity index is 1.60. The minimum atomic E-state index is -0.564. The van der Waals surface area contributed by atoms with Gasteiger partial charge in [-0.25, -0.2) is 9.78 Å². The van der Waals surface area contributed by atoms with Gasteiger partial charge in [-0.05, 0) is 26.0 Å². The second-order valence-electron chi connectivity index (χ2n) is 6.02. The Bertz CT molecular complexity index is 798. The minimum absolute atomic E-state index is 0.222. The van der Waals surface area contributed by atoms with Crippen LogP contribution in [0.2, 0.25) is 0 Å². The van der Waals surface area contributed by atoms with E-state index in [2.05, 4.69) is 10.1 Å². The molecule has 0 N–H and O–H groups in total. The smallest absolute Gasteiger partial charge is 0.341 e. The first-order chi connectivity index (χ1) is 13.1. The van der Waals surface area contributed by atoms with Crippen molar-refractivity contribution in [2.24, 2.45) is 0 Å². The number of aryl methyl sites for hydroxylation is 2. The number of carbonyl (C=O) groups excluding carboxylic acids is 2. The number of hydrogen-bond donors (Lipinski definition) is 0. The molecule has 0 aliphatic carbocycles. The van der Waals surface area contributed by atoms with Crippen LogP contribution in [0.4, 0.5) is 0 Å². The first kappa shape index (κ1) is 19.4. The van der Waals surface area contributed by atoms with Gasteiger partial charge in [-0.2, -0.15) is 0 Å². The zero-order valence-electron chi connectivity index (χ0n) is 15.3. The highest BCUT2D eigenvalue weighted by molar-refractivity contribution is 7.98. The maximum atomic E-state index is 12.4. The average molecular weight is 391 g/mol. The predicted octanol–water partition coefficient (Wildman–Crippen LogP) is 1.99. The van der Waals surface area contributed by atoms with Crippen molar-refractivity contribution < 1.29 is 23.6 Å². The van der Waals surface area contributed by atoms with E-state index in [0.29, 0.717) is 42.6 Å². The molecule has 1 fully saturated rings. The molecule has 1 aliphatic heterocycles. The van der Waals surface area contributed by atoms with Gasteiger partial charge in [-0.3, -0.25) is 4.79 Å². The Morgan fingerprint density at radius 1 is 1.30 bits per heavy atom. The van der Waals surface area contributed by atoms with Crippen LogP contribution in [0, 0.1) is 13.8 Å². The van der Waals surface area contributed by atoms with Gasteiger partial charge in [-0.15, -0.1) is 11.8 Å². The second-order valence-corrected chi connectivity index (χ2v) is 6.98. The second kappa shape index (κ2) is 9.01. The number of ether oxygens (including phenoxy) is 2. The summed E-state index contributed by atoms with van der Waals surface area (Å²) < 4.78 is 15.6. The Morgan fingerprint density at radius 2 is 2.07 bits per heavy atom. The monoisotopic (exact) mass is 391 g/mol. The zero-order valence-corrected chi connectivity index (χ0v) is 16.1. The third-order valence-corrected chi connectivity index (χ3v) is 5.25. The van der Waals surface area contributed by atoms with Crippen LogP contribution >= 0.6 is 11.8 Å². The lowest BCUT2D eigenvalue weighted by Gasteiger charge is -2.26. The van der Waals surface area contributed by atoms with E-state index >= 15 is 0 Å². The quantitative estimate of drug-likeness (QED) is 0.545. The molecule has 0 atom stereocenters. The molecule has 0 saturated carbocycles. The van der Waals surface area contributed by atoms with Crippen molar-refractivity contribution in [3.8, 4) is 0 Å². The SMILES string of the molecule is Cc1noc(C)c1CSc1ncccc1C(=O)OCC(=O)N1CCOCC1. The van der Waals surface area contributed by atoms with Gasteiger partial charge in [-0.1, -0.05) is 5.16 Å². The fourth-order valence-corrected chi connectivity index (χ4v) is 3.75. The molecule has 0 bridgehead atoms. The molecule has 27 heavy (non-hydrogen) atoms. The van der Waals surface area contributed by atoms with Gasteiger partial charge in [0.2, 0.25) is 0 Å². The van der Waals surface area contributed by atoms with E-state index in [-0.39, 0.29) is 12.5 Å². The van der Waals surface area contributed by atoms with E-state index in [1.54, 1.807) is 23.2 Å². The maximum absolute atomic E-state index is 12.4. The van der Waals surface area contributed by atoms with Crippen LogP contribution in [-0.2, 0) is 20.0 Å². The predicted molar refractivity (Wildman–Crippen MR) is 97.5 cm³/mol. The third-order valence-electron chi connectivity index (χ3n) is 4.22. The maximum Gasteiger partial charge on any atom is 0.341 e. The topological polar surface area (TPSA) is 94.8 Å². The Morgan fingerprint density at radius 3 is 2.78 bits per heavy atom. The van der Waals surface area contributed by atoms with E-state index in [9.17, 15) is 9.59 Å². The summed E-state index contributed by atoms with van der Waals surface area (Å²) in [7, 11) is 0.